The van der Waals surface area contributed by atoms with Crippen LogP contribution in [-0.2, 0) is 6.54 Å². The molecule has 1 heterocycles. The molecule has 68 valence electrons. The lowest BCUT2D eigenvalue weighted by Crippen LogP contribution is -2.25. The first-order valence-corrected chi connectivity index (χ1v) is 4.90. The van der Waals surface area contributed by atoms with Crippen molar-refractivity contribution in [3.8, 4) is 0 Å². The Morgan fingerprint density at radius 1 is 1.42 bits per heavy atom. The summed E-state index contributed by atoms with van der Waals surface area (Å²) in [5, 5.41) is 10.2. The molecule has 0 saturated carbocycles. The predicted molar refractivity (Wildman–Crippen MR) is 51.2 cm³/mol. The van der Waals surface area contributed by atoms with Gasteiger partial charge >= 0.3 is 0 Å². The molecule has 0 unspecified atom stereocenters. The van der Waals surface area contributed by atoms with Crippen LogP contribution in [0.2, 0.25) is 0 Å². The fraction of sp³-hybridized carbons (Fsp3) is 0.750. The average Bonchev–Trinajstić information content (AvgIpc) is 2.35. The summed E-state index contributed by atoms with van der Waals surface area (Å²) < 4.78 is 0. The third-order valence-electron chi connectivity index (χ3n) is 1.83. The van der Waals surface area contributed by atoms with Gasteiger partial charge in [-0.3, -0.25) is 4.90 Å². The molecule has 4 heteroatoms. The molecule has 1 aromatic rings. The zero-order valence-electron chi connectivity index (χ0n) is 8.03. The number of hydrogen-bond acceptors (Lipinski definition) is 4. The van der Waals surface area contributed by atoms with Crippen molar-refractivity contribution in [3.05, 3.63) is 10.0 Å². The van der Waals surface area contributed by atoms with Crippen LogP contribution in [0, 0.1) is 6.92 Å². The molecule has 0 aromatic carbocycles. The van der Waals surface area contributed by atoms with Crippen molar-refractivity contribution in [3.63, 3.8) is 0 Å². The first-order valence-electron chi connectivity index (χ1n) is 4.09. The summed E-state index contributed by atoms with van der Waals surface area (Å²) in [6, 6.07) is 0.564. The second-order valence-electron chi connectivity index (χ2n) is 3.22. The van der Waals surface area contributed by atoms with Gasteiger partial charge in [0.25, 0.3) is 0 Å². The van der Waals surface area contributed by atoms with Gasteiger partial charge in [-0.2, -0.15) is 0 Å². The van der Waals surface area contributed by atoms with Crippen LogP contribution in [-0.4, -0.2) is 28.2 Å². The molecule has 0 atom stereocenters. The predicted octanol–water partition coefficient (Wildman–Crippen LogP) is 1.69. The van der Waals surface area contributed by atoms with Gasteiger partial charge in [-0.25, -0.2) is 0 Å². The Morgan fingerprint density at radius 2 is 2.08 bits per heavy atom. The van der Waals surface area contributed by atoms with Gasteiger partial charge in [0, 0.05) is 6.04 Å². The smallest absolute Gasteiger partial charge is 0.131 e. The molecule has 0 saturated heterocycles. The molecule has 0 spiro atoms. The second kappa shape index (κ2) is 3.96. The van der Waals surface area contributed by atoms with E-state index in [2.05, 4.69) is 36.0 Å². The first kappa shape index (κ1) is 9.61. The van der Waals surface area contributed by atoms with Crippen LogP contribution >= 0.6 is 11.3 Å². The minimum atomic E-state index is 0.564. The maximum atomic E-state index is 4.06. The molecule has 0 radical (unpaired) electrons. The van der Waals surface area contributed by atoms with Crippen molar-refractivity contribution >= 4 is 11.3 Å². The topological polar surface area (TPSA) is 29.0 Å². The van der Waals surface area contributed by atoms with E-state index in [9.17, 15) is 0 Å². The summed E-state index contributed by atoms with van der Waals surface area (Å²) in [5.41, 5.74) is 0. The Labute approximate surface area is 77.4 Å². The van der Waals surface area contributed by atoms with Gasteiger partial charge in [-0.05, 0) is 27.8 Å². The number of rotatable bonds is 3. The molecule has 1 aromatic heterocycles. The van der Waals surface area contributed by atoms with E-state index >= 15 is 0 Å². The van der Waals surface area contributed by atoms with E-state index in [4.69, 9.17) is 0 Å². The third-order valence-corrected chi connectivity index (χ3v) is 2.66. The van der Waals surface area contributed by atoms with Crippen LogP contribution in [0.4, 0.5) is 0 Å². The van der Waals surface area contributed by atoms with Gasteiger partial charge in [0.2, 0.25) is 0 Å². The van der Waals surface area contributed by atoms with E-state index in [1.54, 1.807) is 11.3 Å². The minimum Gasteiger partial charge on any atom is -0.297 e. The molecular weight excluding hydrogens is 170 g/mol. The fourth-order valence-corrected chi connectivity index (χ4v) is 1.57. The van der Waals surface area contributed by atoms with Gasteiger partial charge in [-0.1, -0.05) is 0 Å². The van der Waals surface area contributed by atoms with E-state index in [-0.39, 0.29) is 0 Å². The van der Waals surface area contributed by atoms with Crippen molar-refractivity contribution < 1.29 is 0 Å². The molecule has 0 aliphatic heterocycles. The molecular formula is C8H15N3S. The highest BCUT2D eigenvalue weighted by molar-refractivity contribution is 7.11. The van der Waals surface area contributed by atoms with Gasteiger partial charge < -0.3 is 0 Å². The van der Waals surface area contributed by atoms with E-state index in [1.165, 1.54) is 0 Å². The molecule has 12 heavy (non-hydrogen) atoms. The average molecular weight is 185 g/mol. The Morgan fingerprint density at radius 3 is 2.50 bits per heavy atom. The van der Waals surface area contributed by atoms with Crippen LogP contribution in [0.5, 0.6) is 0 Å². The zero-order chi connectivity index (χ0) is 9.14. The molecule has 3 nitrogen and oxygen atoms in total. The van der Waals surface area contributed by atoms with Crippen molar-refractivity contribution in [1.82, 2.24) is 15.1 Å². The Kier molecular flexibility index (Phi) is 3.17. The fourth-order valence-electron chi connectivity index (χ4n) is 0.797. The Hall–Kier alpha value is -0.480. The number of hydrogen-bond donors (Lipinski definition) is 0. The number of aryl methyl sites for hydroxylation is 1. The van der Waals surface area contributed by atoms with Crippen LogP contribution in [0.1, 0.15) is 23.9 Å². The van der Waals surface area contributed by atoms with E-state index < -0.39 is 0 Å². The summed E-state index contributed by atoms with van der Waals surface area (Å²) in [5.74, 6) is 0. The molecule has 0 N–H and O–H groups in total. The van der Waals surface area contributed by atoms with Crippen LogP contribution < -0.4 is 0 Å². The lowest BCUT2D eigenvalue weighted by molar-refractivity contribution is 0.265. The standard InChI is InChI=1S/C8H15N3S/c1-6(2)11(4)5-8-10-9-7(3)12-8/h6H,5H2,1-4H3. The van der Waals surface area contributed by atoms with Crippen molar-refractivity contribution in [2.24, 2.45) is 0 Å². The second-order valence-corrected chi connectivity index (χ2v) is 4.49. The highest BCUT2D eigenvalue weighted by Crippen LogP contribution is 2.11. The first-order chi connectivity index (χ1) is 5.59. The zero-order valence-corrected chi connectivity index (χ0v) is 8.85. The molecule has 1 rings (SSSR count). The van der Waals surface area contributed by atoms with Gasteiger partial charge in [0.05, 0.1) is 6.54 Å². The SMILES string of the molecule is Cc1nnc(CN(C)C(C)C)s1. The maximum absolute atomic E-state index is 4.06. The molecule has 0 aliphatic carbocycles. The summed E-state index contributed by atoms with van der Waals surface area (Å²) in [6.07, 6.45) is 0. The summed E-state index contributed by atoms with van der Waals surface area (Å²) in [4.78, 5) is 2.25. The van der Waals surface area contributed by atoms with Crippen molar-refractivity contribution in [2.75, 3.05) is 7.05 Å². The molecule has 0 fully saturated rings. The lowest BCUT2D eigenvalue weighted by atomic mass is 10.3. The number of aromatic nitrogens is 2. The lowest BCUT2D eigenvalue weighted by Gasteiger charge is -2.18. The number of nitrogens with zero attached hydrogens (tertiary/aromatic N) is 3. The summed E-state index contributed by atoms with van der Waals surface area (Å²) >= 11 is 1.67. The van der Waals surface area contributed by atoms with Crippen LogP contribution in [0.25, 0.3) is 0 Å². The van der Waals surface area contributed by atoms with Gasteiger partial charge in [-0.15, -0.1) is 21.5 Å². The van der Waals surface area contributed by atoms with Crippen LogP contribution in [0.15, 0.2) is 0 Å². The Balaban J connectivity index is 2.52. The maximum Gasteiger partial charge on any atom is 0.131 e. The Bertz CT molecular complexity index is 244. The van der Waals surface area contributed by atoms with Gasteiger partial charge in [0.1, 0.15) is 10.0 Å². The van der Waals surface area contributed by atoms with Crippen molar-refractivity contribution in [2.45, 2.75) is 33.4 Å². The quantitative estimate of drug-likeness (QED) is 0.717. The van der Waals surface area contributed by atoms with Gasteiger partial charge in [0.15, 0.2) is 0 Å². The largest absolute Gasteiger partial charge is 0.297 e. The highest BCUT2D eigenvalue weighted by atomic mass is 32.1. The molecule has 0 amide bonds. The normalized spacial score (nSPS) is 11.5. The van der Waals surface area contributed by atoms with E-state index in [1.807, 2.05) is 6.92 Å². The minimum absolute atomic E-state index is 0.564. The monoisotopic (exact) mass is 185 g/mol. The van der Waals surface area contributed by atoms with E-state index in [0.29, 0.717) is 6.04 Å². The van der Waals surface area contributed by atoms with Crippen LogP contribution in [0.3, 0.4) is 0 Å². The third kappa shape index (κ3) is 2.53. The molecule has 0 bridgehead atoms. The van der Waals surface area contributed by atoms with Crippen molar-refractivity contribution in [1.29, 1.82) is 0 Å². The molecule has 0 aliphatic rings. The van der Waals surface area contributed by atoms with E-state index in [0.717, 1.165) is 16.6 Å². The highest BCUT2D eigenvalue weighted by Gasteiger charge is 2.07. The summed E-state index contributed by atoms with van der Waals surface area (Å²) in [6.45, 7) is 7.24. The summed E-state index contributed by atoms with van der Waals surface area (Å²) in [7, 11) is 2.10.